The predicted molar refractivity (Wildman–Crippen MR) is 157 cm³/mol. The van der Waals surface area contributed by atoms with E-state index in [0.717, 1.165) is 24.5 Å². The molecule has 0 saturated carbocycles. The quantitative estimate of drug-likeness (QED) is 0.135. The molecule has 1 aliphatic heterocycles. The van der Waals surface area contributed by atoms with Crippen molar-refractivity contribution in [3.63, 3.8) is 0 Å². The van der Waals surface area contributed by atoms with Gasteiger partial charge in [0.25, 0.3) is 0 Å². The van der Waals surface area contributed by atoms with E-state index in [2.05, 4.69) is 26.0 Å². The minimum absolute atomic E-state index is 0.0360. The number of esters is 1. The summed E-state index contributed by atoms with van der Waals surface area (Å²) < 4.78 is 5.39. The van der Waals surface area contributed by atoms with Crippen LogP contribution in [0, 0.1) is 29.6 Å². The number of rotatable bonds is 15. The molecule has 0 aliphatic carbocycles. The molecule has 39 heavy (non-hydrogen) atoms. The molecule has 0 spiro atoms. The Morgan fingerprint density at radius 1 is 1.10 bits per heavy atom. The van der Waals surface area contributed by atoms with Crippen LogP contribution >= 0.6 is 0 Å². The van der Waals surface area contributed by atoms with Crippen molar-refractivity contribution < 1.29 is 29.3 Å². The third-order valence-corrected chi connectivity index (χ3v) is 7.12. The number of carbonyl (C=O) groups is 3. The van der Waals surface area contributed by atoms with Gasteiger partial charge in [-0.1, -0.05) is 94.7 Å². The highest BCUT2D eigenvalue weighted by atomic mass is 16.5. The smallest absolute Gasteiger partial charge is 0.331 e. The number of ketones is 1. The second-order valence-electron chi connectivity index (χ2n) is 11.1. The maximum absolute atomic E-state index is 13.0. The summed E-state index contributed by atoms with van der Waals surface area (Å²) in [5.74, 6) is -2.01. The number of cyclic esters (lactones) is 1. The molecule has 1 rings (SSSR count). The topological polar surface area (TPSA) is 101 Å². The number of ether oxygens (including phenoxy) is 1. The molecule has 0 aromatic carbocycles. The summed E-state index contributed by atoms with van der Waals surface area (Å²) in [6.45, 7) is 15.4. The molecule has 0 unspecified atom stereocenters. The molecule has 0 fully saturated rings. The van der Waals surface area contributed by atoms with Crippen molar-refractivity contribution in [1.29, 1.82) is 0 Å². The van der Waals surface area contributed by atoms with Gasteiger partial charge in [0, 0.05) is 29.9 Å². The van der Waals surface area contributed by atoms with Crippen molar-refractivity contribution in [3.05, 3.63) is 71.4 Å². The molecule has 0 amide bonds. The van der Waals surface area contributed by atoms with Gasteiger partial charge in [0.1, 0.15) is 11.9 Å². The number of hydrogen-bond donors (Lipinski definition) is 2. The Labute approximate surface area is 234 Å². The number of carbonyl (C=O) groups excluding carboxylic acids is 2. The van der Waals surface area contributed by atoms with Crippen molar-refractivity contribution >= 4 is 17.7 Å². The Hall–Kier alpha value is -2.99. The van der Waals surface area contributed by atoms with E-state index < -0.39 is 18.0 Å². The van der Waals surface area contributed by atoms with Crippen LogP contribution in [0.1, 0.15) is 74.7 Å². The van der Waals surface area contributed by atoms with E-state index >= 15 is 0 Å². The number of Topliss-reactive ketones (excluding diaryl/α,β-unsaturated/α-hetero) is 1. The SMILES string of the molecule is CCC(C=C[C@@H]1OC(=O)C=C[C@H]1C)=C[C@H](C)CC=CC(C)=C[C@@H](C)C(=O)[C@@H](C)[C@H](O)[C@@H](C)CC(C)=CC(=O)O. The molecular weight excluding hydrogens is 492 g/mol. The van der Waals surface area contributed by atoms with Gasteiger partial charge in [-0.3, -0.25) is 4.79 Å². The lowest BCUT2D eigenvalue weighted by molar-refractivity contribution is -0.143. The Morgan fingerprint density at radius 2 is 1.77 bits per heavy atom. The van der Waals surface area contributed by atoms with Gasteiger partial charge in [-0.05, 0) is 51.0 Å². The number of carboxylic acids is 1. The summed E-state index contributed by atoms with van der Waals surface area (Å²) in [5.41, 5.74) is 2.84. The molecule has 0 saturated heterocycles. The number of aliphatic hydroxyl groups excluding tert-OH is 1. The zero-order valence-electron chi connectivity index (χ0n) is 24.9. The molecule has 2 N–H and O–H groups in total. The molecular formula is C33H48O6. The van der Waals surface area contributed by atoms with Gasteiger partial charge >= 0.3 is 11.9 Å². The fourth-order valence-corrected chi connectivity index (χ4v) is 4.75. The Morgan fingerprint density at radius 3 is 2.38 bits per heavy atom. The van der Waals surface area contributed by atoms with Crippen LogP contribution in [0.25, 0.3) is 0 Å². The van der Waals surface area contributed by atoms with E-state index in [1.165, 1.54) is 11.6 Å². The van der Waals surface area contributed by atoms with Crippen molar-refractivity contribution in [2.45, 2.75) is 86.9 Å². The van der Waals surface area contributed by atoms with Gasteiger partial charge in [-0.15, -0.1) is 0 Å². The number of aliphatic carboxylic acids is 1. The van der Waals surface area contributed by atoms with E-state index in [9.17, 15) is 19.5 Å². The van der Waals surface area contributed by atoms with Crippen molar-refractivity contribution in [2.75, 3.05) is 0 Å². The predicted octanol–water partition coefficient (Wildman–Crippen LogP) is 6.78. The van der Waals surface area contributed by atoms with Crippen LogP contribution in [0.3, 0.4) is 0 Å². The van der Waals surface area contributed by atoms with Crippen molar-refractivity contribution in [2.24, 2.45) is 29.6 Å². The molecule has 7 atom stereocenters. The first-order valence-electron chi connectivity index (χ1n) is 14.0. The minimum Gasteiger partial charge on any atom is -0.478 e. The van der Waals surface area contributed by atoms with Gasteiger partial charge < -0.3 is 14.9 Å². The van der Waals surface area contributed by atoms with Crippen LogP contribution in [-0.4, -0.2) is 40.1 Å². The molecule has 0 aromatic rings. The molecule has 1 aliphatic rings. The van der Waals surface area contributed by atoms with E-state index in [1.54, 1.807) is 13.8 Å². The zero-order valence-corrected chi connectivity index (χ0v) is 24.9. The van der Waals surface area contributed by atoms with Gasteiger partial charge in [0.05, 0.1) is 6.10 Å². The van der Waals surface area contributed by atoms with E-state index in [4.69, 9.17) is 9.84 Å². The summed E-state index contributed by atoms with van der Waals surface area (Å²) >= 11 is 0. The highest BCUT2D eigenvalue weighted by Gasteiger charge is 2.29. The second-order valence-corrected chi connectivity index (χ2v) is 11.1. The second kappa shape index (κ2) is 16.9. The first-order chi connectivity index (χ1) is 18.2. The lowest BCUT2D eigenvalue weighted by atomic mass is 9.83. The summed E-state index contributed by atoms with van der Waals surface area (Å²) in [7, 11) is 0. The molecule has 1 heterocycles. The summed E-state index contributed by atoms with van der Waals surface area (Å²) in [5, 5.41) is 19.6. The lowest BCUT2D eigenvalue weighted by Gasteiger charge is -2.25. The third-order valence-electron chi connectivity index (χ3n) is 7.12. The molecule has 216 valence electrons. The number of hydrogen-bond acceptors (Lipinski definition) is 5. The molecule has 6 nitrogen and oxygen atoms in total. The normalized spacial score (nSPS) is 23.0. The maximum atomic E-state index is 13.0. The maximum Gasteiger partial charge on any atom is 0.331 e. The molecule has 0 radical (unpaired) electrons. The summed E-state index contributed by atoms with van der Waals surface area (Å²) in [4.78, 5) is 35.3. The van der Waals surface area contributed by atoms with Crippen molar-refractivity contribution in [3.8, 4) is 0 Å². The van der Waals surface area contributed by atoms with E-state index in [1.807, 2.05) is 58.1 Å². The highest BCUT2D eigenvalue weighted by molar-refractivity contribution is 5.85. The van der Waals surface area contributed by atoms with Crippen LogP contribution in [0.2, 0.25) is 0 Å². The molecule has 0 aromatic heterocycles. The van der Waals surface area contributed by atoms with Crippen LogP contribution in [0.5, 0.6) is 0 Å². The fourth-order valence-electron chi connectivity index (χ4n) is 4.75. The minimum atomic E-state index is -1.01. The summed E-state index contributed by atoms with van der Waals surface area (Å²) in [6.07, 6.45) is 17.8. The van der Waals surface area contributed by atoms with Crippen LogP contribution in [-0.2, 0) is 19.1 Å². The number of aliphatic hydroxyl groups is 1. The fraction of sp³-hybridized carbons (Fsp3) is 0.545. The highest BCUT2D eigenvalue weighted by Crippen LogP contribution is 2.24. The average molecular weight is 541 g/mol. The van der Waals surface area contributed by atoms with Gasteiger partial charge in [0.2, 0.25) is 0 Å². The first kappa shape index (κ1) is 34.0. The third kappa shape index (κ3) is 12.6. The van der Waals surface area contributed by atoms with Crippen LogP contribution in [0.15, 0.2) is 71.4 Å². The monoisotopic (exact) mass is 540 g/mol. The first-order valence-corrected chi connectivity index (χ1v) is 14.0. The molecule has 0 bridgehead atoms. The van der Waals surface area contributed by atoms with Gasteiger partial charge in [-0.2, -0.15) is 0 Å². The number of carboxylic acid groups (broad SMARTS) is 1. The van der Waals surface area contributed by atoms with E-state index in [-0.39, 0.29) is 35.6 Å². The molecule has 6 heteroatoms. The van der Waals surface area contributed by atoms with Crippen LogP contribution in [0.4, 0.5) is 0 Å². The summed E-state index contributed by atoms with van der Waals surface area (Å²) in [6, 6.07) is 0. The van der Waals surface area contributed by atoms with Crippen LogP contribution < -0.4 is 0 Å². The van der Waals surface area contributed by atoms with Gasteiger partial charge in [-0.25, -0.2) is 9.59 Å². The number of allylic oxidation sites excluding steroid dienone is 8. The van der Waals surface area contributed by atoms with Gasteiger partial charge in [0.15, 0.2) is 0 Å². The van der Waals surface area contributed by atoms with E-state index in [0.29, 0.717) is 17.9 Å². The zero-order chi connectivity index (χ0) is 29.7. The Kier molecular flexibility index (Phi) is 14.7. The van der Waals surface area contributed by atoms with Crippen molar-refractivity contribution in [1.82, 2.24) is 0 Å². The standard InChI is InChI=1S/C33H48O6/c1-9-28(14-15-29-24(5)13-16-31(36)39-29)19-22(3)12-10-11-21(2)17-25(6)32(37)27(8)33(38)26(7)18-23(4)20-30(34)35/h10-11,13-17,19-20,22,24-27,29,33,38H,9,12,18H2,1-8H3,(H,34,35)/t22-,24-,25-,26+,27-,29+,33-/m1/s1. The lowest BCUT2D eigenvalue weighted by Crippen LogP contribution is -2.34. The Bertz CT molecular complexity index is 1020. The Balaban J connectivity index is 2.69. The average Bonchev–Trinajstić information content (AvgIpc) is 2.86. The largest absolute Gasteiger partial charge is 0.478 e.